The minimum absolute atomic E-state index is 0.0645. The van der Waals surface area contributed by atoms with Crippen molar-refractivity contribution in [2.24, 2.45) is 22.7 Å². The summed E-state index contributed by atoms with van der Waals surface area (Å²) in [5.74, 6) is -0.275. The van der Waals surface area contributed by atoms with Crippen LogP contribution in [0.4, 0.5) is 19.0 Å². The number of ether oxygens (including phenoxy) is 1. The molecular formula is C32H34F3N3O3S. The third kappa shape index (κ3) is 4.85. The number of anilines is 1. The lowest BCUT2D eigenvalue weighted by atomic mass is 9.61. The van der Waals surface area contributed by atoms with Crippen molar-refractivity contribution in [1.29, 1.82) is 0 Å². The quantitative estimate of drug-likeness (QED) is 0.335. The Morgan fingerprint density at radius 3 is 2.31 bits per heavy atom. The Hall–Kier alpha value is -3.14. The van der Waals surface area contributed by atoms with Gasteiger partial charge in [-0.25, -0.2) is 9.97 Å². The zero-order chi connectivity index (χ0) is 29.5. The molecule has 3 heterocycles. The minimum Gasteiger partial charge on any atom is -0.493 e. The molecule has 3 saturated carbocycles. The van der Waals surface area contributed by atoms with Crippen molar-refractivity contribution in [1.82, 2.24) is 9.97 Å². The van der Waals surface area contributed by atoms with E-state index in [1.165, 1.54) is 12.1 Å². The van der Waals surface area contributed by atoms with Crippen LogP contribution in [0, 0.1) is 36.5 Å². The molecule has 2 aromatic heterocycles. The minimum atomic E-state index is -4.31. The molecule has 6 nitrogen and oxygen atoms in total. The summed E-state index contributed by atoms with van der Waals surface area (Å²) in [5.41, 5.74) is 2.41. The first kappa shape index (κ1) is 27.7. The Morgan fingerprint density at radius 1 is 0.976 bits per heavy atom. The maximum Gasteiger partial charge on any atom is 0.394 e. The highest BCUT2D eigenvalue weighted by atomic mass is 32.2. The first-order valence-corrected chi connectivity index (χ1v) is 16.1. The normalized spacial score (nSPS) is 25.3. The topological polar surface area (TPSA) is 81.2 Å². The average molecular weight is 598 g/mol. The molecular weight excluding hydrogens is 563 g/mol. The summed E-state index contributed by atoms with van der Waals surface area (Å²) < 4.78 is 79.0. The van der Waals surface area contributed by atoms with Crippen molar-refractivity contribution < 1.29 is 26.3 Å². The van der Waals surface area contributed by atoms with Gasteiger partial charge in [0.05, 0.1) is 17.7 Å². The Bertz CT molecular complexity index is 1640. The van der Waals surface area contributed by atoms with Crippen LogP contribution in [0.3, 0.4) is 0 Å². The van der Waals surface area contributed by atoms with Crippen LogP contribution in [0.1, 0.15) is 67.7 Å². The van der Waals surface area contributed by atoms with E-state index in [1.54, 1.807) is 18.2 Å². The predicted molar refractivity (Wildman–Crippen MR) is 153 cm³/mol. The molecule has 10 heteroatoms. The standard InChI is InChI=1S/C32H34F3N3O3S/c1-19-5-3-6-20(2)28(19)25-13-23-14-26(36-25)38-42(39,40)27-8-4-7-24(37-27)29(21-15-30(16-21)9-10-30)22(18-41-23)17-31(11-12-31)32(33,34)35/h3-8,13-14,21-22,29H,9-12,15-18H2,1-2H3,(H,36,38)/t22-,29?/m1/s1. The molecule has 1 spiro atoms. The maximum absolute atomic E-state index is 14.3. The second-order valence-electron chi connectivity index (χ2n) is 13.1. The predicted octanol–water partition coefficient (Wildman–Crippen LogP) is 7.58. The number of nitrogens with one attached hydrogen (secondary N) is 1. The lowest BCUT2D eigenvalue weighted by Gasteiger charge is -2.45. The van der Waals surface area contributed by atoms with E-state index in [4.69, 9.17) is 4.74 Å². The van der Waals surface area contributed by atoms with Crippen LogP contribution in [-0.4, -0.2) is 31.2 Å². The lowest BCUT2D eigenvalue weighted by molar-refractivity contribution is -0.194. The molecule has 2 atom stereocenters. The number of aryl methyl sites for hydroxylation is 2. The number of pyridine rings is 2. The van der Waals surface area contributed by atoms with Gasteiger partial charge in [-0.1, -0.05) is 24.3 Å². The molecule has 1 N–H and O–H groups in total. The summed E-state index contributed by atoms with van der Waals surface area (Å²) in [6.45, 7) is 3.97. The molecule has 1 aliphatic heterocycles. The number of hydrogen-bond donors (Lipinski definition) is 1. The van der Waals surface area contributed by atoms with Crippen molar-refractivity contribution in [3.63, 3.8) is 0 Å². The molecule has 3 fully saturated rings. The van der Waals surface area contributed by atoms with E-state index in [-0.39, 0.29) is 48.5 Å². The molecule has 3 aliphatic carbocycles. The molecule has 0 radical (unpaired) electrons. The van der Waals surface area contributed by atoms with E-state index in [1.807, 2.05) is 32.0 Å². The van der Waals surface area contributed by atoms with Crippen molar-refractivity contribution >= 4 is 15.8 Å². The fourth-order valence-electron chi connectivity index (χ4n) is 7.45. The van der Waals surface area contributed by atoms with Crippen LogP contribution in [0.15, 0.2) is 53.6 Å². The zero-order valence-corrected chi connectivity index (χ0v) is 24.5. The maximum atomic E-state index is 14.3. The number of benzene rings is 1. The van der Waals surface area contributed by atoms with E-state index >= 15 is 0 Å². The Balaban J connectivity index is 1.35. The van der Waals surface area contributed by atoms with Crippen molar-refractivity contribution in [3.8, 4) is 17.0 Å². The highest BCUT2D eigenvalue weighted by Gasteiger charge is 2.65. The van der Waals surface area contributed by atoms with Crippen molar-refractivity contribution in [3.05, 3.63) is 65.4 Å². The summed E-state index contributed by atoms with van der Waals surface area (Å²) in [5, 5.41) is -0.163. The van der Waals surface area contributed by atoms with Crippen molar-refractivity contribution in [2.75, 3.05) is 11.3 Å². The van der Waals surface area contributed by atoms with Gasteiger partial charge < -0.3 is 4.74 Å². The molecule has 1 aromatic carbocycles. The van der Waals surface area contributed by atoms with Crippen LogP contribution in [-0.2, 0) is 10.0 Å². The summed E-state index contributed by atoms with van der Waals surface area (Å²) >= 11 is 0. The van der Waals surface area contributed by atoms with E-state index < -0.39 is 27.5 Å². The average Bonchev–Trinajstić information content (AvgIpc) is 3.82. The number of sulfonamides is 1. The fourth-order valence-corrected chi connectivity index (χ4v) is 8.42. The fraction of sp³-hybridized carbons (Fsp3) is 0.500. The van der Waals surface area contributed by atoms with Crippen LogP contribution in [0.25, 0.3) is 11.3 Å². The molecule has 3 aromatic rings. The van der Waals surface area contributed by atoms with Crippen LogP contribution in [0.5, 0.6) is 5.75 Å². The van der Waals surface area contributed by atoms with Gasteiger partial charge in [0, 0.05) is 35.2 Å². The lowest BCUT2D eigenvalue weighted by Crippen LogP contribution is -2.39. The number of alkyl halides is 3. The van der Waals surface area contributed by atoms with Gasteiger partial charge >= 0.3 is 6.18 Å². The van der Waals surface area contributed by atoms with Gasteiger partial charge in [-0.3, -0.25) is 4.72 Å². The van der Waals surface area contributed by atoms with Crippen LogP contribution < -0.4 is 9.46 Å². The molecule has 222 valence electrons. The van der Waals surface area contributed by atoms with Crippen molar-refractivity contribution in [2.45, 2.75) is 75.9 Å². The van der Waals surface area contributed by atoms with Gasteiger partial charge in [-0.05, 0) is 93.4 Å². The number of fused-ring (bicyclic) bond motifs is 4. The summed E-state index contributed by atoms with van der Waals surface area (Å²) in [7, 11) is -4.14. The first-order valence-electron chi connectivity index (χ1n) is 14.7. The summed E-state index contributed by atoms with van der Waals surface area (Å²) in [4.78, 5) is 9.23. The monoisotopic (exact) mass is 597 g/mol. The Morgan fingerprint density at radius 2 is 1.67 bits per heavy atom. The number of hydrogen-bond acceptors (Lipinski definition) is 5. The molecule has 4 bridgehead atoms. The van der Waals surface area contributed by atoms with Gasteiger partial charge in [0.1, 0.15) is 11.6 Å². The molecule has 1 unspecified atom stereocenters. The molecule has 0 saturated heterocycles. The number of nitrogens with zero attached hydrogens (tertiary/aromatic N) is 2. The largest absolute Gasteiger partial charge is 0.493 e. The molecule has 4 aliphatic rings. The van der Waals surface area contributed by atoms with E-state index in [2.05, 4.69) is 14.7 Å². The third-order valence-electron chi connectivity index (χ3n) is 10.1. The van der Waals surface area contributed by atoms with Gasteiger partial charge in [0.2, 0.25) is 0 Å². The van der Waals surface area contributed by atoms with Crippen LogP contribution >= 0.6 is 0 Å². The van der Waals surface area contributed by atoms with Crippen LogP contribution in [0.2, 0.25) is 0 Å². The molecule has 7 rings (SSSR count). The van der Waals surface area contributed by atoms with E-state index in [0.717, 1.165) is 42.4 Å². The zero-order valence-electron chi connectivity index (χ0n) is 23.7. The van der Waals surface area contributed by atoms with E-state index in [0.29, 0.717) is 22.6 Å². The van der Waals surface area contributed by atoms with Gasteiger partial charge in [0.25, 0.3) is 10.0 Å². The molecule has 42 heavy (non-hydrogen) atoms. The highest BCUT2D eigenvalue weighted by Crippen LogP contribution is 2.68. The smallest absolute Gasteiger partial charge is 0.394 e. The highest BCUT2D eigenvalue weighted by molar-refractivity contribution is 7.92. The summed E-state index contributed by atoms with van der Waals surface area (Å²) in [6.07, 6.45) is 0.00360. The van der Waals surface area contributed by atoms with Gasteiger partial charge in [0.15, 0.2) is 5.03 Å². The van der Waals surface area contributed by atoms with E-state index in [9.17, 15) is 21.6 Å². The Labute approximate surface area is 244 Å². The first-order chi connectivity index (χ1) is 19.9. The number of aromatic nitrogens is 2. The second-order valence-corrected chi connectivity index (χ2v) is 14.7. The number of rotatable bonds is 4. The number of halogens is 3. The SMILES string of the molecule is Cc1cccc(C)c1-c1cc2cc(n1)NS(=O)(=O)c1cccc(n1)C(C1CC3(CC3)C1)[C@H](CC1(C(F)(F)F)CC1)CO2. The Kier molecular flexibility index (Phi) is 6.21. The molecule has 0 amide bonds. The third-order valence-corrected chi connectivity index (χ3v) is 11.3. The van der Waals surface area contributed by atoms with Gasteiger partial charge in [-0.15, -0.1) is 0 Å². The second kappa shape index (κ2) is 9.43. The summed E-state index contributed by atoms with van der Waals surface area (Å²) in [6, 6.07) is 13.9. The van der Waals surface area contributed by atoms with Gasteiger partial charge in [-0.2, -0.15) is 21.6 Å².